The number of para-hydroxylation sites is 2. The third-order valence-electron chi connectivity index (χ3n) is 4.06. The molecule has 0 aromatic heterocycles. The van der Waals surface area contributed by atoms with Crippen LogP contribution in [0.25, 0.3) is 0 Å². The molecule has 0 heterocycles. The lowest BCUT2D eigenvalue weighted by Gasteiger charge is -2.28. The molecule has 2 atom stereocenters. The molecule has 1 aromatic rings. The first kappa shape index (κ1) is 15.4. The second-order valence-corrected chi connectivity index (χ2v) is 5.74. The number of hydrogen-bond donors (Lipinski definition) is 2. The molecule has 1 saturated carbocycles. The van der Waals surface area contributed by atoms with Gasteiger partial charge in [-0.15, -0.1) is 0 Å². The molecule has 0 aliphatic heterocycles. The Labute approximate surface area is 125 Å². The molecule has 2 N–H and O–H groups in total. The Morgan fingerprint density at radius 1 is 1.14 bits per heavy atom. The van der Waals surface area contributed by atoms with Crippen molar-refractivity contribution in [2.24, 2.45) is 11.8 Å². The van der Waals surface area contributed by atoms with Crippen molar-refractivity contribution in [2.45, 2.75) is 25.7 Å². The summed E-state index contributed by atoms with van der Waals surface area (Å²) in [6.45, 7) is 0. The second kappa shape index (κ2) is 6.61. The summed E-state index contributed by atoms with van der Waals surface area (Å²) < 4.78 is 0. The van der Waals surface area contributed by atoms with E-state index < -0.39 is 17.8 Å². The first-order valence-electron chi connectivity index (χ1n) is 7.30. The summed E-state index contributed by atoms with van der Waals surface area (Å²) >= 11 is 0. The molecule has 2 rings (SSSR count). The number of nitrogens with zero attached hydrogens (tertiary/aromatic N) is 1. The Hall–Kier alpha value is -2.04. The highest BCUT2D eigenvalue weighted by atomic mass is 16.4. The van der Waals surface area contributed by atoms with Crippen LogP contribution in [0.1, 0.15) is 25.7 Å². The molecule has 5 nitrogen and oxygen atoms in total. The Kier molecular flexibility index (Phi) is 4.83. The fourth-order valence-corrected chi connectivity index (χ4v) is 2.94. The molecule has 0 bridgehead atoms. The zero-order chi connectivity index (χ0) is 15.4. The van der Waals surface area contributed by atoms with Crippen molar-refractivity contribution < 1.29 is 14.7 Å². The Bertz CT molecular complexity index is 528. The van der Waals surface area contributed by atoms with Crippen LogP contribution >= 0.6 is 0 Å². The molecule has 5 heteroatoms. The number of nitrogens with one attached hydrogen (secondary N) is 1. The van der Waals surface area contributed by atoms with Crippen molar-refractivity contribution >= 4 is 23.3 Å². The highest BCUT2D eigenvalue weighted by Crippen LogP contribution is 2.32. The summed E-state index contributed by atoms with van der Waals surface area (Å²) in [4.78, 5) is 25.7. The van der Waals surface area contributed by atoms with E-state index in [2.05, 4.69) is 5.32 Å². The van der Waals surface area contributed by atoms with E-state index in [9.17, 15) is 14.7 Å². The minimum atomic E-state index is -0.865. The van der Waals surface area contributed by atoms with Crippen LogP contribution in [0.15, 0.2) is 24.3 Å². The second-order valence-electron chi connectivity index (χ2n) is 5.74. The van der Waals surface area contributed by atoms with Crippen molar-refractivity contribution in [2.75, 3.05) is 24.3 Å². The van der Waals surface area contributed by atoms with Gasteiger partial charge in [0.25, 0.3) is 0 Å². The molecule has 1 fully saturated rings. The minimum absolute atomic E-state index is 0.184. The number of aliphatic carboxylic acids is 1. The summed E-state index contributed by atoms with van der Waals surface area (Å²) in [5.74, 6) is -2.05. The van der Waals surface area contributed by atoms with Crippen LogP contribution in [0, 0.1) is 11.8 Å². The SMILES string of the molecule is CN(C)c1ccccc1NC(=O)[C@@H]1CCCC[C@@H]1C(=O)O. The Morgan fingerprint density at radius 2 is 1.76 bits per heavy atom. The van der Waals surface area contributed by atoms with Crippen LogP contribution in [0.2, 0.25) is 0 Å². The maximum Gasteiger partial charge on any atom is 0.307 e. The smallest absolute Gasteiger partial charge is 0.307 e. The van der Waals surface area contributed by atoms with Gasteiger partial charge in [-0.25, -0.2) is 0 Å². The van der Waals surface area contributed by atoms with E-state index in [1.807, 2.05) is 43.3 Å². The summed E-state index contributed by atoms with van der Waals surface area (Å²) in [5, 5.41) is 12.2. The van der Waals surface area contributed by atoms with E-state index in [0.29, 0.717) is 12.8 Å². The standard InChI is InChI=1S/C16H22N2O3/c1-18(2)14-10-6-5-9-13(14)17-15(19)11-7-3-4-8-12(11)16(20)21/h5-6,9-12H,3-4,7-8H2,1-2H3,(H,17,19)(H,20,21)/t11-,12+/m1/s1. The van der Waals surface area contributed by atoms with Crippen molar-refractivity contribution in [1.82, 2.24) is 0 Å². The number of carbonyl (C=O) groups is 2. The van der Waals surface area contributed by atoms with Gasteiger partial charge in [-0.05, 0) is 25.0 Å². The van der Waals surface area contributed by atoms with Gasteiger partial charge in [0.15, 0.2) is 0 Å². The van der Waals surface area contributed by atoms with Gasteiger partial charge in [-0.1, -0.05) is 25.0 Å². The van der Waals surface area contributed by atoms with Gasteiger partial charge in [-0.2, -0.15) is 0 Å². The predicted molar refractivity (Wildman–Crippen MR) is 82.5 cm³/mol. The lowest BCUT2D eigenvalue weighted by molar-refractivity contribution is -0.147. The molecule has 0 radical (unpaired) electrons. The summed E-state index contributed by atoms with van der Waals surface area (Å²) in [7, 11) is 3.82. The van der Waals surface area contributed by atoms with E-state index in [1.165, 1.54) is 0 Å². The molecule has 0 spiro atoms. The number of carboxylic acids is 1. The first-order chi connectivity index (χ1) is 10.0. The van der Waals surface area contributed by atoms with Gasteiger partial charge < -0.3 is 15.3 Å². The van der Waals surface area contributed by atoms with Gasteiger partial charge >= 0.3 is 5.97 Å². The van der Waals surface area contributed by atoms with Crippen LogP contribution in [0.3, 0.4) is 0 Å². The maximum absolute atomic E-state index is 12.5. The highest BCUT2D eigenvalue weighted by molar-refractivity contribution is 5.97. The fraction of sp³-hybridized carbons (Fsp3) is 0.500. The molecule has 1 aliphatic rings. The number of benzene rings is 1. The van der Waals surface area contributed by atoms with Gasteiger partial charge in [0.1, 0.15) is 0 Å². The van der Waals surface area contributed by atoms with Crippen molar-refractivity contribution in [1.29, 1.82) is 0 Å². The number of carbonyl (C=O) groups excluding carboxylic acids is 1. The van der Waals surface area contributed by atoms with Crippen molar-refractivity contribution in [3.05, 3.63) is 24.3 Å². The van der Waals surface area contributed by atoms with Gasteiger partial charge in [0, 0.05) is 14.1 Å². The number of rotatable bonds is 4. The Balaban J connectivity index is 2.15. The molecule has 21 heavy (non-hydrogen) atoms. The van der Waals surface area contributed by atoms with Crippen molar-refractivity contribution in [3.8, 4) is 0 Å². The zero-order valence-electron chi connectivity index (χ0n) is 12.5. The lowest BCUT2D eigenvalue weighted by Crippen LogP contribution is -2.36. The summed E-state index contributed by atoms with van der Waals surface area (Å²) in [6.07, 6.45) is 3.03. The van der Waals surface area contributed by atoms with E-state index in [0.717, 1.165) is 24.2 Å². The van der Waals surface area contributed by atoms with Crippen LogP contribution in [-0.2, 0) is 9.59 Å². The van der Waals surface area contributed by atoms with E-state index >= 15 is 0 Å². The zero-order valence-corrected chi connectivity index (χ0v) is 12.5. The van der Waals surface area contributed by atoms with E-state index in [4.69, 9.17) is 0 Å². The number of carboxylic acid groups (broad SMARTS) is 1. The third kappa shape index (κ3) is 3.54. The largest absolute Gasteiger partial charge is 0.481 e. The fourth-order valence-electron chi connectivity index (χ4n) is 2.94. The predicted octanol–water partition coefficient (Wildman–Crippen LogP) is 2.58. The maximum atomic E-state index is 12.5. The average Bonchev–Trinajstić information content (AvgIpc) is 2.47. The molecular formula is C16H22N2O3. The number of anilines is 2. The molecule has 1 aromatic carbocycles. The van der Waals surface area contributed by atoms with Gasteiger partial charge in [-0.3, -0.25) is 9.59 Å². The number of amides is 1. The topological polar surface area (TPSA) is 69.6 Å². The molecule has 1 aliphatic carbocycles. The molecular weight excluding hydrogens is 268 g/mol. The Morgan fingerprint density at radius 3 is 2.38 bits per heavy atom. The first-order valence-corrected chi connectivity index (χ1v) is 7.30. The third-order valence-corrected chi connectivity index (χ3v) is 4.06. The van der Waals surface area contributed by atoms with E-state index in [-0.39, 0.29) is 5.91 Å². The van der Waals surface area contributed by atoms with E-state index in [1.54, 1.807) is 0 Å². The molecule has 0 saturated heterocycles. The summed E-state index contributed by atoms with van der Waals surface area (Å²) in [6, 6.07) is 7.53. The van der Waals surface area contributed by atoms with Crippen molar-refractivity contribution in [3.63, 3.8) is 0 Å². The highest BCUT2D eigenvalue weighted by Gasteiger charge is 2.35. The van der Waals surface area contributed by atoms with Gasteiger partial charge in [0.2, 0.25) is 5.91 Å². The summed E-state index contributed by atoms with van der Waals surface area (Å²) in [5.41, 5.74) is 1.63. The normalized spacial score (nSPS) is 21.6. The molecule has 0 unspecified atom stereocenters. The van der Waals surface area contributed by atoms with Crippen LogP contribution < -0.4 is 10.2 Å². The lowest BCUT2D eigenvalue weighted by atomic mass is 9.78. The molecule has 1 amide bonds. The van der Waals surface area contributed by atoms with Crippen LogP contribution in [-0.4, -0.2) is 31.1 Å². The van der Waals surface area contributed by atoms with Gasteiger partial charge in [0.05, 0.1) is 23.2 Å². The quantitative estimate of drug-likeness (QED) is 0.894. The number of hydrogen-bond acceptors (Lipinski definition) is 3. The monoisotopic (exact) mass is 290 g/mol. The molecule has 114 valence electrons. The van der Waals surface area contributed by atoms with Crippen LogP contribution in [0.4, 0.5) is 11.4 Å². The van der Waals surface area contributed by atoms with Crippen LogP contribution in [0.5, 0.6) is 0 Å². The average molecular weight is 290 g/mol. The minimum Gasteiger partial charge on any atom is -0.481 e.